The molecule has 3 heteroatoms. The first-order valence-electron chi connectivity index (χ1n) is 4.81. The van der Waals surface area contributed by atoms with Crippen LogP contribution in [-0.4, -0.2) is 35.1 Å². The Morgan fingerprint density at radius 2 is 2.00 bits per heavy atom. The number of hydrogen-bond donors (Lipinski definition) is 1. The van der Waals surface area contributed by atoms with E-state index >= 15 is 0 Å². The molecule has 3 nitrogen and oxygen atoms in total. The van der Waals surface area contributed by atoms with Gasteiger partial charge in [0.25, 0.3) is 0 Å². The van der Waals surface area contributed by atoms with Crippen LogP contribution in [0, 0.1) is 0 Å². The van der Waals surface area contributed by atoms with Gasteiger partial charge in [-0.2, -0.15) is 0 Å². The van der Waals surface area contributed by atoms with Crippen LogP contribution in [0.25, 0.3) is 0 Å². The van der Waals surface area contributed by atoms with Gasteiger partial charge in [0.15, 0.2) is 0 Å². The van der Waals surface area contributed by atoms with Crippen LogP contribution < -0.4 is 0 Å². The number of hydrogen-bond acceptors (Lipinski definition) is 2. The summed E-state index contributed by atoms with van der Waals surface area (Å²) >= 11 is 0. The minimum absolute atomic E-state index is 0.601. The van der Waals surface area contributed by atoms with Gasteiger partial charge >= 0.3 is 5.97 Å². The molecule has 0 aromatic rings. The molecule has 0 spiro atoms. The Hall–Kier alpha value is -0.830. The summed E-state index contributed by atoms with van der Waals surface area (Å²) in [6.07, 6.45) is 5.78. The number of carboxylic acid groups (broad SMARTS) is 1. The summed E-state index contributed by atoms with van der Waals surface area (Å²) in [4.78, 5) is 12.9. The Morgan fingerprint density at radius 3 is 2.46 bits per heavy atom. The van der Waals surface area contributed by atoms with Gasteiger partial charge in [-0.15, -0.1) is 0 Å². The van der Waals surface area contributed by atoms with Crippen LogP contribution in [-0.2, 0) is 4.79 Å². The van der Waals surface area contributed by atoms with Gasteiger partial charge in [0.1, 0.15) is 0 Å². The molecule has 0 aromatic carbocycles. The molecule has 72 valence electrons. The van der Waals surface area contributed by atoms with Crippen molar-refractivity contribution in [3.05, 3.63) is 11.6 Å². The molecule has 2 heterocycles. The summed E-state index contributed by atoms with van der Waals surface area (Å²) in [5.41, 5.74) is 1.12. The lowest BCUT2D eigenvalue weighted by molar-refractivity contribution is -0.131. The molecular weight excluding hydrogens is 166 g/mol. The molecule has 0 saturated carbocycles. The number of rotatable bonds is 1. The first-order valence-corrected chi connectivity index (χ1v) is 4.81. The van der Waals surface area contributed by atoms with E-state index in [4.69, 9.17) is 5.11 Å². The molecule has 0 unspecified atom stereocenters. The van der Waals surface area contributed by atoms with Gasteiger partial charge in [0, 0.05) is 18.2 Å². The van der Waals surface area contributed by atoms with Crippen molar-refractivity contribution >= 4 is 5.97 Å². The maximum absolute atomic E-state index is 10.5. The lowest BCUT2D eigenvalue weighted by Gasteiger charge is -2.32. The van der Waals surface area contributed by atoms with E-state index in [1.807, 2.05) is 0 Å². The lowest BCUT2D eigenvalue weighted by Crippen LogP contribution is -2.37. The van der Waals surface area contributed by atoms with Crippen LogP contribution in [0.15, 0.2) is 11.6 Å². The largest absolute Gasteiger partial charge is 0.478 e. The van der Waals surface area contributed by atoms with E-state index in [1.165, 1.54) is 18.9 Å². The maximum Gasteiger partial charge on any atom is 0.328 e. The van der Waals surface area contributed by atoms with Gasteiger partial charge in [-0.3, -0.25) is 4.90 Å². The molecule has 0 amide bonds. The van der Waals surface area contributed by atoms with Crippen LogP contribution in [0.1, 0.15) is 25.7 Å². The fraction of sp³-hybridized carbons (Fsp3) is 0.700. The zero-order valence-corrected chi connectivity index (χ0v) is 7.86. The van der Waals surface area contributed by atoms with Crippen LogP contribution in [0.5, 0.6) is 0 Å². The number of carboxylic acids is 1. The quantitative estimate of drug-likeness (QED) is 0.619. The summed E-state index contributed by atoms with van der Waals surface area (Å²) in [6, 6.07) is 1.20. The monoisotopic (exact) mass is 181 g/mol. The summed E-state index contributed by atoms with van der Waals surface area (Å²) in [6.45, 7) is 0. The van der Waals surface area contributed by atoms with Crippen molar-refractivity contribution in [2.75, 3.05) is 7.05 Å². The summed E-state index contributed by atoms with van der Waals surface area (Å²) in [5.74, 6) is -0.793. The molecule has 0 aliphatic carbocycles. The predicted octanol–water partition coefficient (Wildman–Crippen LogP) is 1.25. The van der Waals surface area contributed by atoms with Gasteiger partial charge in [0.2, 0.25) is 0 Å². The first-order chi connectivity index (χ1) is 6.16. The van der Waals surface area contributed by atoms with Gasteiger partial charge in [0.05, 0.1) is 0 Å². The van der Waals surface area contributed by atoms with Crippen LogP contribution in [0.2, 0.25) is 0 Å². The summed E-state index contributed by atoms with van der Waals surface area (Å²) in [7, 11) is 2.15. The molecule has 2 aliphatic heterocycles. The fourth-order valence-corrected chi connectivity index (χ4v) is 2.56. The Kier molecular flexibility index (Phi) is 2.12. The summed E-state index contributed by atoms with van der Waals surface area (Å²) in [5, 5.41) is 8.63. The van der Waals surface area contributed by atoms with E-state index in [1.54, 1.807) is 0 Å². The smallest absolute Gasteiger partial charge is 0.328 e. The molecule has 13 heavy (non-hydrogen) atoms. The average molecular weight is 181 g/mol. The van der Waals surface area contributed by atoms with Crippen molar-refractivity contribution in [1.29, 1.82) is 0 Å². The fourth-order valence-electron chi connectivity index (χ4n) is 2.56. The van der Waals surface area contributed by atoms with Crippen LogP contribution >= 0.6 is 0 Å². The third-order valence-corrected chi connectivity index (χ3v) is 3.31. The second-order valence-electron chi connectivity index (χ2n) is 4.10. The Morgan fingerprint density at radius 1 is 1.46 bits per heavy atom. The second-order valence-corrected chi connectivity index (χ2v) is 4.10. The highest BCUT2D eigenvalue weighted by molar-refractivity contribution is 5.80. The highest BCUT2D eigenvalue weighted by Gasteiger charge is 2.35. The topological polar surface area (TPSA) is 40.5 Å². The van der Waals surface area contributed by atoms with Gasteiger partial charge < -0.3 is 5.11 Å². The van der Waals surface area contributed by atoms with E-state index in [2.05, 4.69) is 11.9 Å². The van der Waals surface area contributed by atoms with E-state index < -0.39 is 5.97 Å². The van der Waals surface area contributed by atoms with E-state index in [0.717, 1.165) is 18.4 Å². The van der Waals surface area contributed by atoms with Crippen molar-refractivity contribution < 1.29 is 9.90 Å². The molecule has 0 aromatic heterocycles. The maximum atomic E-state index is 10.5. The number of fused-ring (bicyclic) bond motifs is 2. The molecule has 0 radical (unpaired) electrons. The number of piperidine rings is 1. The van der Waals surface area contributed by atoms with Crippen LogP contribution in [0.3, 0.4) is 0 Å². The molecule has 2 aliphatic rings. The number of aliphatic carboxylic acids is 1. The molecule has 2 fully saturated rings. The highest BCUT2D eigenvalue weighted by atomic mass is 16.4. The van der Waals surface area contributed by atoms with Crippen molar-refractivity contribution in [1.82, 2.24) is 4.90 Å². The molecule has 2 bridgehead atoms. The van der Waals surface area contributed by atoms with Gasteiger partial charge in [-0.1, -0.05) is 5.57 Å². The zero-order chi connectivity index (χ0) is 9.42. The van der Waals surface area contributed by atoms with Crippen LogP contribution in [0.4, 0.5) is 0 Å². The Labute approximate surface area is 78.0 Å². The van der Waals surface area contributed by atoms with Gasteiger partial charge in [-0.25, -0.2) is 4.79 Å². The number of carbonyl (C=O) groups is 1. The third-order valence-electron chi connectivity index (χ3n) is 3.31. The minimum atomic E-state index is -0.793. The third kappa shape index (κ3) is 1.61. The second kappa shape index (κ2) is 3.14. The van der Waals surface area contributed by atoms with E-state index in [-0.39, 0.29) is 0 Å². The number of nitrogens with zero attached hydrogens (tertiary/aromatic N) is 1. The Bertz CT molecular complexity index is 244. The van der Waals surface area contributed by atoms with Gasteiger partial charge in [-0.05, 0) is 32.7 Å². The van der Waals surface area contributed by atoms with Crippen molar-refractivity contribution in [3.63, 3.8) is 0 Å². The van der Waals surface area contributed by atoms with Crippen molar-refractivity contribution in [2.24, 2.45) is 0 Å². The molecular formula is C10H15NO2. The average Bonchev–Trinajstić information content (AvgIpc) is 2.33. The standard InChI is InChI=1S/C10H15NO2/c1-11-8-2-3-9(11)5-7(4-8)6-10(12)13/h6,8-9H,2-5H2,1H3,(H,12,13)/t8-,9-/m0/s1. The minimum Gasteiger partial charge on any atom is -0.478 e. The molecule has 2 atom stereocenters. The zero-order valence-electron chi connectivity index (χ0n) is 7.86. The SMILES string of the molecule is CN1[C@H]2CC[C@H]1CC(=CC(=O)O)C2. The van der Waals surface area contributed by atoms with Crippen molar-refractivity contribution in [2.45, 2.75) is 37.8 Å². The van der Waals surface area contributed by atoms with E-state index in [0.29, 0.717) is 12.1 Å². The Balaban J connectivity index is 2.11. The highest BCUT2D eigenvalue weighted by Crippen LogP contribution is 2.36. The lowest BCUT2D eigenvalue weighted by atomic mass is 9.97. The molecule has 2 saturated heterocycles. The normalized spacial score (nSPS) is 33.5. The first kappa shape index (κ1) is 8.75. The summed E-state index contributed by atoms with van der Waals surface area (Å²) < 4.78 is 0. The molecule has 2 rings (SSSR count). The predicted molar refractivity (Wildman–Crippen MR) is 49.5 cm³/mol. The molecule has 1 N–H and O–H groups in total. The van der Waals surface area contributed by atoms with Crippen molar-refractivity contribution in [3.8, 4) is 0 Å². The van der Waals surface area contributed by atoms with E-state index in [9.17, 15) is 4.79 Å².